The van der Waals surface area contributed by atoms with E-state index in [9.17, 15) is 14.9 Å². The summed E-state index contributed by atoms with van der Waals surface area (Å²) >= 11 is 0. The summed E-state index contributed by atoms with van der Waals surface area (Å²) in [4.78, 5) is 33.9. The molecule has 10 heteroatoms. The number of hydrogen-bond donors (Lipinski definition) is 3. The molecular weight excluding hydrogens is 580 g/mol. The number of alkyl carbamates (subject to hydrolysis) is 1. The Morgan fingerprint density at radius 1 is 1.00 bits per heavy atom. The van der Waals surface area contributed by atoms with Crippen molar-refractivity contribution in [3.63, 3.8) is 0 Å². The third kappa shape index (κ3) is 7.79. The van der Waals surface area contributed by atoms with Gasteiger partial charge in [-0.1, -0.05) is 36.4 Å². The maximum atomic E-state index is 13.0. The van der Waals surface area contributed by atoms with Gasteiger partial charge in [-0.3, -0.25) is 0 Å². The summed E-state index contributed by atoms with van der Waals surface area (Å²) < 4.78 is 10.7. The van der Waals surface area contributed by atoms with E-state index in [0.29, 0.717) is 12.1 Å². The van der Waals surface area contributed by atoms with Gasteiger partial charge in [0.15, 0.2) is 0 Å². The van der Waals surface area contributed by atoms with Crippen LogP contribution in [0.1, 0.15) is 36.7 Å². The minimum atomic E-state index is -0.918. The number of nitriles is 1. The van der Waals surface area contributed by atoms with Crippen LogP contribution in [-0.2, 0) is 15.9 Å². The number of nitrogens with one attached hydrogen (secondary N) is 3. The van der Waals surface area contributed by atoms with Crippen molar-refractivity contribution in [2.75, 3.05) is 50.6 Å². The minimum absolute atomic E-state index is 0.284. The Balaban J connectivity index is 1.41. The molecule has 0 aliphatic carbocycles. The number of rotatable bonds is 9. The van der Waals surface area contributed by atoms with Crippen LogP contribution in [-0.4, -0.2) is 80.0 Å². The monoisotopic (exact) mass is 622 g/mol. The topological polar surface area (TPSA) is 123 Å². The zero-order valence-electron chi connectivity index (χ0n) is 27.1. The van der Waals surface area contributed by atoms with E-state index in [0.717, 1.165) is 53.8 Å². The molecule has 0 radical (unpaired) electrons. The summed E-state index contributed by atoms with van der Waals surface area (Å²) in [6, 6.07) is 22.3. The average Bonchev–Trinajstić information content (AvgIpc) is 3.45. The van der Waals surface area contributed by atoms with Crippen molar-refractivity contribution in [1.82, 2.24) is 15.2 Å². The average molecular weight is 623 g/mol. The second-order valence-corrected chi connectivity index (χ2v) is 12.7. The summed E-state index contributed by atoms with van der Waals surface area (Å²) in [5.74, 6) is -0.539. The molecule has 240 valence electrons. The Hall–Kier alpha value is -5.01. The van der Waals surface area contributed by atoms with Crippen LogP contribution in [0.2, 0.25) is 0 Å². The number of esters is 1. The lowest BCUT2D eigenvalue weighted by Gasteiger charge is -2.34. The van der Waals surface area contributed by atoms with Gasteiger partial charge in [0.25, 0.3) is 0 Å². The number of hydrogen-bond acceptors (Lipinski definition) is 8. The normalized spacial score (nSPS) is 15.1. The number of piperazine rings is 1. The number of amides is 1. The second-order valence-electron chi connectivity index (χ2n) is 12.7. The van der Waals surface area contributed by atoms with Gasteiger partial charge in [-0.2, -0.15) is 5.26 Å². The predicted octanol–water partition coefficient (Wildman–Crippen LogP) is 5.81. The first-order valence-corrected chi connectivity index (χ1v) is 15.5. The summed E-state index contributed by atoms with van der Waals surface area (Å²) in [6.45, 7) is 9.36. The van der Waals surface area contributed by atoms with Crippen LogP contribution in [0.4, 0.5) is 16.2 Å². The number of carbonyl (C=O) groups is 2. The number of ether oxygens (including phenoxy) is 2. The molecule has 1 aliphatic heterocycles. The van der Waals surface area contributed by atoms with Crippen LogP contribution < -0.4 is 15.5 Å². The molecule has 3 aromatic carbocycles. The highest BCUT2D eigenvalue weighted by Gasteiger charge is 2.29. The number of fused-ring (bicyclic) bond motifs is 1. The zero-order valence-corrected chi connectivity index (χ0v) is 27.1. The highest BCUT2D eigenvalue weighted by molar-refractivity contribution is 5.97. The Morgan fingerprint density at radius 2 is 1.70 bits per heavy atom. The van der Waals surface area contributed by atoms with Gasteiger partial charge in [0.2, 0.25) is 0 Å². The predicted molar refractivity (Wildman–Crippen MR) is 181 cm³/mol. The van der Waals surface area contributed by atoms with Crippen LogP contribution in [0.3, 0.4) is 0 Å². The first kappa shape index (κ1) is 32.4. The molecule has 2 heterocycles. The van der Waals surface area contributed by atoms with Crippen LogP contribution in [0, 0.1) is 11.3 Å². The molecule has 0 bridgehead atoms. The first-order valence-electron chi connectivity index (χ1n) is 15.5. The molecule has 1 aromatic heterocycles. The van der Waals surface area contributed by atoms with Gasteiger partial charge in [-0.05, 0) is 81.3 Å². The molecule has 4 aromatic rings. The molecule has 46 heavy (non-hydrogen) atoms. The molecular formula is C36H42N6O4. The van der Waals surface area contributed by atoms with Crippen LogP contribution in [0.15, 0.2) is 72.9 Å². The lowest BCUT2D eigenvalue weighted by Crippen LogP contribution is -2.49. The van der Waals surface area contributed by atoms with Gasteiger partial charge in [0.05, 0.1) is 24.8 Å². The van der Waals surface area contributed by atoms with Gasteiger partial charge < -0.3 is 34.9 Å². The largest absolute Gasteiger partial charge is 0.465 e. The number of likely N-dealkylation sites (N-methyl/N-ethyl adjacent to an activating group) is 1. The van der Waals surface area contributed by atoms with Crippen molar-refractivity contribution >= 4 is 34.3 Å². The van der Waals surface area contributed by atoms with E-state index in [1.165, 1.54) is 12.8 Å². The SMILES string of the molecule is COC(=O)c1cc(-c2ccc(N3CCN(C)CC3)cc2)ccc1NC(C#N)[C@H](Cc1c[nH]c2ccccc12)NC(=O)OC(C)(C)C. The second kappa shape index (κ2) is 14.0. The van der Waals surface area contributed by atoms with Gasteiger partial charge in [0.1, 0.15) is 11.6 Å². The van der Waals surface area contributed by atoms with Crippen molar-refractivity contribution in [2.45, 2.75) is 44.9 Å². The fraction of sp³-hybridized carbons (Fsp3) is 0.361. The summed E-state index contributed by atoms with van der Waals surface area (Å²) in [6.07, 6.45) is 1.58. The zero-order chi connectivity index (χ0) is 32.8. The van der Waals surface area contributed by atoms with E-state index in [4.69, 9.17) is 9.47 Å². The standard InChI is InChI=1S/C36H42N6O4/c1-36(2,3)46-35(44)40-32(21-26-23-38-30-9-7-6-8-28(26)30)33(22-37)39-31-15-12-25(20-29(31)34(43)45-5)24-10-13-27(14-11-24)42-18-16-41(4)17-19-42/h6-15,20,23,32-33,38-39H,16-19,21H2,1-5H3,(H,40,44)/t32-,33?/m0/s1. The van der Waals surface area contributed by atoms with E-state index in [1.807, 2.05) is 36.5 Å². The van der Waals surface area contributed by atoms with E-state index in [2.05, 4.69) is 62.8 Å². The molecule has 0 saturated carbocycles. The van der Waals surface area contributed by atoms with Crippen LogP contribution >= 0.6 is 0 Å². The quantitative estimate of drug-likeness (QED) is 0.200. The summed E-state index contributed by atoms with van der Waals surface area (Å²) in [5, 5.41) is 17.5. The number of nitrogens with zero attached hydrogens (tertiary/aromatic N) is 3. The lowest BCUT2D eigenvalue weighted by molar-refractivity contribution is 0.0501. The third-order valence-electron chi connectivity index (χ3n) is 8.16. The number of anilines is 2. The van der Waals surface area contributed by atoms with Gasteiger partial charge in [-0.15, -0.1) is 0 Å². The molecule has 0 spiro atoms. The Labute approximate surface area is 270 Å². The molecule has 10 nitrogen and oxygen atoms in total. The molecule has 1 aliphatic rings. The smallest absolute Gasteiger partial charge is 0.407 e. The van der Waals surface area contributed by atoms with Crippen molar-refractivity contribution < 1.29 is 19.1 Å². The van der Waals surface area contributed by atoms with Crippen molar-refractivity contribution in [3.05, 3.63) is 84.1 Å². The number of benzene rings is 3. The van der Waals surface area contributed by atoms with E-state index in [1.54, 1.807) is 32.9 Å². The van der Waals surface area contributed by atoms with E-state index < -0.39 is 29.7 Å². The lowest BCUT2D eigenvalue weighted by atomic mass is 9.97. The highest BCUT2D eigenvalue weighted by atomic mass is 16.6. The fourth-order valence-electron chi connectivity index (χ4n) is 5.70. The number of methoxy groups -OCH3 is 1. The minimum Gasteiger partial charge on any atom is -0.465 e. The molecule has 5 rings (SSSR count). The summed E-state index contributed by atoms with van der Waals surface area (Å²) in [7, 11) is 3.47. The van der Waals surface area contributed by atoms with Crippen molar-refractivity contribution in [3.8, 4) is 17.2 Å². The van der Waals surface area contributed by atoms with Crippen molar-refractivity contribution in [1.29, 1.82) is 5.26 Å². The number of aromatic nitrogens is 1. The molecule has 1 fully saturated rings. The Bertz CT molecular complexity index is 1710. The van der Waals surface area contributed by atoms with Crippen LogP contribution in [0.25, 0.3) is 22.0 Å². The van der Waals surface area contributed by atoms with Crippen molar-refractivity contribution in [2.24, 2.45) is 0 Å². The number of carbonyl (C=O) groups excluding carboxylic acids is 2. The number of aromatic amines is 1. The van der Waals surface area contributed by atoms with Gasteiger partial charge in [-0.25, -0.2) is 9.59 Å². The molecule has 2 atom stereocenters. The summed E-state index contributed by atoms with van der Waals surface area (Å²) in [5.41, 5.74) is 4.83. The van der Waals surface area contributed by atoms with E-state index in [-0.39, 0.29) is 5.56 Å². The Kier molecular flexibility index (Phi) is 9.83. The van der Waals surface area contributed by atoms with Gasteiger partial charge in [0, 0.05) is 54.7 Å². The highest BCUT2D eigenvalue weighted by Crippen LogP contribution is 2.29. The Morgan fingerprint density at radius 3 is 2.37 bits per heavy atom. The van der Waals surface area contributed by atoms with E-state index >= 15 is 0 Å². The molecule has 1 amide bonds. The van der Waals surface area contributed by atoms with Crippen LogP contribution in [0.5, 0.6) is 0 Å². The first-order chi connectivity index (χ1) is 22.0. The third-order valence-corrected chi connectivity index (χ3v) is 8.16. The molecule has 3 N–H and O–H groups in total. The maximum Gasteiger partial charge on any atom is 0.407 e. The molecule has 1 saturated heterocycles. The number of para-hydroxylation sites is 1. The fourth-order valence-corrected chi connectivity index (χ4v) is 5.70. The van der Waals surface area contributed by atoms with Gasteiger partial charge >= 0.3 is 12.1 Å². The maximum absolute atomic E-state index is 13.0. The molecule has 1 unspecified atom stereocenters. The number of H-pyrrole nitrogens is 1.